The van der Waals surface area contributed by atoms with Gasteiger partial charge in [-0.15, -0.1) is 0 Å². The Morgan fingerprint density at radius 1 is 1.17 bits per heavy atom. The summed E-state index contributed by atoms with van der Waals surface area (Å²) >= 11 is 0. The van der Waals surface area contributed by atoms with E-state index in [9.17, 15) is 4.79 Å². The number of oxime groups is 1. The van der Waals surface area contributed by atoms with Crippen LogP contribution in [0.25, 0.3) is 10.9 Å². The van der Waals surface area contributed by atoms with Crippen LogP contribution in [-0.2, 0) is 4.84 Å². The average Bonchev–Trinajstić information content (AvgIpc) is 2.60. The molecular formula is C18H15N3O2. The zero-order chi connectivity index (χ0) is 16.1. The summed E-state index contributed by atoms with van der Waals surface area (Å²) < 4.78 is 0. The molecule has 1 amide bonds. The molecule has 0 aliphatic carbocycles. The topological polar surface area (TPSA) is 63.6 Å². The lowest BCUT2D eigenvalue weighted by Crippen LogP contribution is -2.11. The molecule has 0 saturated heterocycles. The van der Waals surface area contributed by atoms with Gasteiger partial charge >= 0.3 is 0 Å². The Bertz CT molecular complexity index is 858. The van der Waals surface area contributed by atoms with Crippen molar-refractivity contribution in [3.8, 4) is 0 Å². The molecule has 23 heavy (non-hydrogen) atoms. The van der Waals surface area contributed by atoms with E-state index < -0.39 is 0 Å². The Morgan fingerprint density at radius 2 is 2.00 bits per heavy atom. The highest BCUT2D eigenvalue weighted by Gasteiger charge is 2.06. The van der Waals surface area contributed by atoms with E-state index in [4.69, 9.17) is 0 Å². The van der Waals surface area contributed by atoms with Crippen molar-refractivity contribution in [2.75, 3.05) is 12.4 Å². The molecule has 0 fully saturated rings. The monoisotopic (exact) mass is 305 g/mol. The molecule has 3 aromatic rings. The van der Waals surface area contributed by atoms with E-state index in [-0.39, 0.29) is 5.91 Å². The number of carbonyl (C=O) groups is 1. The lowest BCUT2D eigenvalue weighted by atomic mass is 10.1. The Balaban J connectivity index is 1.76. The van der Waals surface area contributed by atoms with Gasteiger partial charge in [0.1, 0.15) is 7.11 Å². The first-order valence-corrected chi connectivity index (χ1v) is 7.09. The lowest BCUT2D eigenvalue weighted by molar-refractivity contribution is 0.102. The number of carbonyl (C=O) groups excluding carboxylic acids is 1. The number of pyridine rings is 1. The molecule has 0 unspecified atom stereocenters. The van der Waals surface area contributed by atoms with Crippen LogP contribution >= 0.6 is 0 Å². The van der Waals surface area contributed by atoms with Crippen molar-refractivity contribution in [1.82, 2.24) is 4.98 Å². The van der Waals surface area contributed by atoms with Crippen LogP contribution in [0, 0.1) is 0 Å². The molecular weight excluding hydrogens is 290 g/mol. The average molecular weight is 305 g/mol. The van der Waals surface area contributed by atoms with E-state index in [1.807, 2.05) is 42.5 Å². The van der Waals surface area contributed by atoms with Gasteiger partial charge in [0.15, 0.2) is 0 Å². The minimum absolute atomic E-state index is 0.163. The number of aromatic nitrogens is 1. The number of fused-ring (bicyclic) bond motifs is 1. The van der Waals surface area contributed by atoms with Crippen LogP contribution in [0.1, 0.15) is 15.9 Å². The maximum atomic E-state index is 12.3. The summed E-state index contributed by atoms with van der Waals surface area (Å²) in [6, 6.07) is 16.6. The largest absolute Gasteiger partial charge is 0.399 e. The second-order valence-electron chi connectivity index (χ2n) is 4.90. The molecule has 0 atom stereocenters. The molecule has 5 heteroatoms. The Kier molecular flexibility index (Phi) is 4.29. The minimum atomic E-state index is -0.163. The van der Waals surface area contributed by atoms with Gasteiger partial charge < -0.3 is 10.2 Å². The molecule has 2 aromatic carbocycles. The zero-order valence-electron chi connectivity index (χ0n) is 12.6. The first-order chi connectivity index (χ1) is 11.3. The fraction of sp³-hybridized carbons (Fsp3) is 0.0556. The molecule has 1 heterocycles. The van der Waals surface area contributed by atoms with Crippen molar-refractivity contribution in [2.24, 2.45) is 5.16 Å². The molecule has 1 N–H and O–H groups in total. The van der Waals surface area contributed by atoms with Gasteiger partial charge in [-0.25, -0.2) is 0 Å². The molecule has 0 spiro atoms. The number of hydrogen-bond donors (Lipinski definition) is 1. The van der Waals surface area contributed by atoms with Crippen molar-refractivity contribution in [3.05, 3.63) is 71.9 Å². The molecule has 0 aliphatic heterocycles. The van der Waals surface area contributed by atoms with E-state index in [0.717, 1.165) is 22.2 Å². The molecule has 3 rings (SSSR count). The van der Waals surface area contributed by atoms with Gasteiger partial charge in [0.2, 0.25) is 0 Å². The third kappa shape index (κ3) is 3.52. The van der Waals surface area contributed by atoms with Gasteiger partial charge in [-0.1, -0.05) is 23.4 Å². The Hall–Kier alpha value is -3.21. The van der Waals surface area contributed by atoms with Crippen LogP contribution in [-0.4, -0.2) is 24.2 Å². The first kappa shape index (κ1) is 14.7. The Morgan fingerprint density at radius 3 is 2.78 bits per heavy atom. The molecule has 0 radical (unpaired) electrons. The van der Waals surface area contributed by atoms with Crippen molar-refractivity contribution >= 4 is 28.7 Å². The highest BCUT2D eigenvalue weighted by Crippen LogP contribution is 2.17. The number of benzene rings is 2. The molecule has 0 aliphatic rings. The number of nitrogens with one attached hydrogen (secondary N) is 1. The van der Waals surface area contributed by atoms with Crippen LogP contribution in [0.4, 0.5) is 5.69 Å². The summed E-state index contributed by atoms with van der Waals surface area (Å²) in [4.78, 5) is 21.2. The van der Waals surface area contributed by atoms with Crippen molar-refractivity contribution < 1.29 is 9.63 Å². The molecule has 1 aromatic heterocycles. The fourth-order valence-corrected chi connectivity index (χ4v) is 2.19. The molecule has 5 nitrogen and oxygen atoms in total. The summed E-state index contributed by atoms with van der Waals surface area (Å²) in [5, 5.41) is 7.55. The first-order valence-electron chi connectivity index (χ1n) is 7.09. The van der Waals surface area contributed by atoms with Gasteiger partial charge in [-0.3, -0.25) is 9.78 Å². The van der Waals surface area contributed by atoms with E-state index in [2.05, 4.69) is 20.3 Å². The predicted octanol–water partition coefficient (Wildman–Crippen LogP) is 3.47. The van der Waals surface area contributed by atoms with Gasteiger partial charge in [-0.05, 0) is 42.0 Å². The molecule has 0 bridgehead atoms. The number of anilines is 1. The summed E-state index contributed by atoms with van der Waals surface area (Å²) in [7, 11) is 1.48. The minimum Gasteiger partial charge on any atom is -0.399 e. The number of rotatable bonds is 4. The van der Waals surface area contributed by atoms with E-state index in [1.54, 1.807) is 24.5 Å². The van der Waals surface area contributed by atoms with Gasteiger partial charge in [0, 0.05) is 22.8 Å². The third-order valence-electron chi connectivity index (χ3n) is 3.34. The van der Waals surface area contributed by atoms with Crippen LogP contribution in [0.5, 0.6) is 0 Å². The summed E-state index contributed by atoms with van der Waals surface area (Å²) in [6.45, 7) is 0. The third-order valence-corrected chi connectivity index (χ3v) is 3.34. The standard InChI is InChI=1S/C18H15N3O2/c1-23-20-12-13-4-6-14(7-5-13)18(22)21-16-8-9-17-15(11-16)3-2-10-19-17/h2-12H,1H3,(H,21,22)/b20-12+. The Labute approximate surface area is 133 Å². The summed E-state index contributed by atoms with van der Waals surface area (Å²) in [6.07, 6.45) is 3.33. The van der Waals surface area contributed by atoms with Gasteiger partial charge in [0.05, 0.1) is 11.7 Å². The maximum Gasteiger partial charge on any atom is 0.255 e. The lowest BCUT2D eigenvalue weighted by Gasteiger charge is -2.06. The van der Waals surface area contributed by atoms with Crippen molar-refractivity contribution in [2.45, 2.75) is 0 Å². The van der Waals surface area contributed by atoms with Crippen LogP contribution in [0.2, 0.25) is 0 Å². The quantitative estimate of drug-likeness (QED) is 0.593. The zero-order valence-corrected chi connectivity index (χ0v) is 12.6. The fourth-order valence-electron chi connectivity index (χ4n) is 2.19. The molecule has 114 valence electrons. The second-order valence-corrected chi connectivity index (χ2v) is 4.90. The van der Waals surface area contributed by atoms with E-state index in [1.165, 1.54) is 7.11 Å². The number of nitrogens with zero attached hydrogens (tertiary/aromatic N) is 2. The highest BCUT2D eigenvalue weighted by atomic mass is 16.6. The normalized spacial score (nSPS) is 10.8. The van der Waals surface area contributed by atoms with Crippen LogP contribution < -0.4 is 5.32 Å². The molecule has 0 saturated carbocycles. The number of hydrogen-bond acceptors (Lipinski definition) is 4. The SMILES string of the molecule is CO/N=C/c1ccc(C(=O)Nc2ccc3ncccc3c2)cc1. The maximum absolute atomic E-state index is 12.3. The number of amides is 1. The summed E-state index contributed by atoms with van der Waals surface area (Å²) in [5.41, 5.74) is 3.07. The summed E-state index contributed by atoms with van der Waals surface area (Å²) in [5.74, 6) is -0.163. The van der Waals surface area contributed by atoms with Gasteiger partial charge in [0.25, 0.3) is 5.91 Å². The predicted molar refractivity (Wildman–Crippen MR) is 90.7 cm³/mol. The second kappa shape index (κ2) is 6.70. The van der Waals surface area contributed by atoms with Crippen LogP contribution in [0.3, 0.4) is 0 Å². The van der Waals surface area contributed by atoms with Gasteiger partial charge in [-0.2, -0.15) is 0 Å². The smallest absolute Gasteiger partial charge is 0.255 e. The van der Waals surface area contributed by atoms with Crippen molar-refractivity contribution in [1.29, 1.82) is 0 Å². The van der Waals surface area contributed by atoms with Crippen molar-refractivity contribution in [3.63, 3.8) is 0 Å². The highest BCUT2D eigenvalue weighted by molar-refractivity contribution is 6.05. The van der Waals surface area contributed by atoms with Crippen LogP contribution in [0.15, 0.2) is 65.9 Å². The van der Waals surface area contributed by atoms with E-state index in [0.29, 0.717) is 5.56 Å². The van der Waals surface area contributed by atoms with E-state index >= 15 is 0 Å².